The molecule has 30 heavy (non-hydrogen) atoms. The van der Waals surface area contributed by atoms with Crippen LogP contribution in [-0.2, 0) is 33.8 Å². The Morgan fingerprint density at radius 3 is 2.37 bits per heavy atom. The number of carbonyl (C=O) groups is 1. The van der Waals surface area contributed by atoms with Crippen molar-refractivity contribution in [1.82, 2.24) is 4.57 Å². The van der Waals surface area contributed by atoms with E-state index in [0.29, 0.717) is 28.4 Å². The lowest BCUT2D eigenvalue weighted by atomic mass is 10.00. The number of hydrogen-bond acceptors (Lipinski definition) is 3. The van der Waals surface area contributed by atoms with E-state index in [2.05, 4.69) is 0 Å². The van der Waals surface area contributed by atoms with Crippen LogP contribution in [0.1, 0.15) is 22.4 Å². The average molecular weight is 443 g/mol. The van der Waals surface area contributed by atoms with Crippen LogP contribution >= 0.6 is 0 Å². The van der Waals surface area contributed by atoms with Crippen LogP contribution in [-0.4, -0.2) is 30.3 Å². The molecule has 0 aliphatic heterocycles. The fraction of sp³-hybridized carbons (Fsp3) is 0.250. The van der Waals surface area contributed by atoms with E-state index in [1.807, 2.05) is 0 Å². The second-order valence-electron chi connectivity index (χ2n) is 6.98. The van der Waals surface area contributed by atoms with Crippen LogP contribution in [0.2, 0.25) is 0 Å². The van der Waals surface area contributed by atoms with Crippen molar-refractivity contribution in [3.05, 3.63) is 64.6 Å². The van der Waals surface area contributed by atoms with Gasteiger partial charge in [0.05, 0.1) is 10.5 Å². The molecule has 0 spiro atoms. The van der Waals surface area contributed by atoms with Crippen LogP contribution < -0.4 is 0 Å². The summed E-state index contributed by atoms with van der Waals surface area (Å²) >= 11 is 0. The number of carboxylic acid groups (broad SMARTS) is 1. The minimum Gasteiger partial charge on any atom is -0.480 e. The number of benzene rings is 2. The molecule has 0 aliphatic rings. The van der Waals surface area contributed by atoms with Crippen molar-refractivity contribution in [3.63, 3.8) is 0 Å². The number of aromatic nitrogens is 1. The van der Waals surface area contributed by atoms with Crippen molar-refractivity contribution in [2.75, 3.05) is 6.26 Å². The number of rotatable bonds is 5. The van der Waals surface area contributed by atoms with E-state index in [-0.39, 0.29) is 12.0 Å². The van der Waals surface area contributed by atoms with E-state index in [4.69, 9.17) is 5.11 Å². The summed E-state index contributed by atoms with van der Waals surface area (Å²) in [6.45, 7) is 1.21. The molecule has 0 fully saturated rings. The molecule has 2 aromatic carbocycles. The van der Waals surface area contributed by atoms with E-state index in [0.717, 1.165) is 12.1 Å². The summed E-state index contributed by atoms with van der Waals surface area (Å²) in [5, 5.41) is 9.54. The summed E-state index contributed by atoms with van der Waals surface area (Å²) in [6, 6.07) is 6.72. The van der Waals surface area contributed by atoms with E-state index in [1.165, 1.54) is 28.8 Å². The summed E-state index contributed by atoms with van der Waals surface area (Å²) < 4.78 is 79.1. The third-order valence-corrected chi connectivity index (χ3v) is 5.99. The maximum Gasteiger partial charge on any atom is 0.417 e. The van der Waals surface area contributed by atoms with Crippen LogP contribution in [0, 0.1) is 12.7 Å². The second-order valence-corrected chi connectivity index (χ2v) is 8.97. The minimum atomic E-state index is -4.88. The van der Waals surface area contributed by atoms with Gasteiger partial charge in [0.15, 0.2) is 9.84 Å². The first kappa shape index (κ1) is 21.8. The summed E-state index contributed by atoms with van der Waals surface area (Å²) in [5.74, 6) is -1.69. The van der Waals surface area contributed by atoms with Gasteiger partial charge in [-0.15, -0.1) is 0 Å². The van der Waals surface area contributed by atoms with Crippen LogP contribution in [0.4, 0.5) is 17.6 Å². The van der Waals surface area contributed by atoms with Crippen molar-refractivity contribution >= 4 is 26.7 Å². The topological polar surface area (TPSA) is 76.4 Å². The molecular formula is C20H17F4NO4S. The second kappa shape index (κ2) is 7.42. The van der Waals surface area contributed by atoms with Crippen molar-refractivity contribution in [3.8, 4) is 0 Å². The molecule has 0 amide bonds. The Bertz CT molecular complexity index is 1260. The first-order valence-electron chi connectivity index (χ1n) is 8.68. The molecule has 0 bridgehead atoms. The highest BCUT2D eigenvalue weighted by Gasteiger charge is 2.36. The van der Waals surface area contributed by atoms with Gasteiger partial charge in [-0.1, -0.05) is 6.07 Å². The smallest absolute Gasteiger partial charge is 0.417 e. The van der Waals surface area contributed by atoms with Crippen molar-refractivity contribution in [2.45, 2.75) is 31.0 Å². The minimum absolute atomic E-state index is 0.0640. The van der Waals surface area contributed by atoms with Gasteiger partial charge in [0.1, 0.15) is 12.4 Å². The van der Waals surface area contributed by atoms with E-state index in [9.17, 15) is 30.8 Å². The fourth-order valence-corrected chi connectivity index (χ4v) is 4.41. The van der Waals surface area contributed by atoms with Crippen molar-refractivity contribution < 1.29 is 35.9 Å². The lowest BCUT2D eigenvalue weighted by Crippen LogP contribution is -2.13. The molecule has 0 unspecified atom stereocenters. The SMILES string of the molecule is Cc1c(Cc2ccc(S(C)(=O)=O)c(C(F)(F)F)c2)c2cc(F)ccc2n1CC(=O)O. The predicted molar refractivity (Wildman–Crippen MR) is 102 cm³/mol. The van der Waals surface area contributed by atoms with Gasteiger partial charge in [0.2, 0.25) is 0 Å². The number of carboxylic acids is 1. The van der Waals surface area contributed by atoms with Gasteiger partial charge >= 0.3 is 12.1 Å². The molecular weight excluding hydrogens is 426 g/mol. The van der Waals surface area contributed by atoms with Crippen molar-refractivity contribution in [1.29, 1.82) is 0 Å². The quantitative estimate of drug-likeness (QED) is 0.600. The number of halogens is 4. The first-order valence-corrected chi connectivity index (χ1v) is 10.6. The Kier molecular flexibility index (Phi) is 5.40. The number of nitrogens with zero attached hydrogens (tertiary/aromatic N) is 1. The summed E-state index contributed by atoms with van der Waals surface area (Å²) in [5.41, 5.74) is 0.261. The summed E-state index contributed by atoms with van der Waals surface area (Å²) in [7, 11) is -4.10. The first-order chi connectivity index (χ1) is 13.8. The maximum atomic E-state index is 13.8. The Morgan fingerprint density at radius 2 is 1.80 bits per heavy atom. The van der Waals surface area contributed by atoms with E-state index < -0.39 is 44.8 Å². The van der Waals surface area contributed by atoms with Crippen LogP contribution in [0.5, 0.6) is 0 Å². The standard InChI is InChI=1S/C20H17F4NO4S/c1-11-14(15-9-13(21)4-5-17(15)25(11)10-19(26)27)7-12-3-6-18(30(2,28)29)16(8-12)20(22,23)24/h3-6,8-9H,7,10H2,1-2H3,(H,26,27). The fourth-order valence-electron chi connectivity index (χ4n) is 3.52. The summed E-state index contributed by atoms with van der Waals surface area (Å²) in [6.07, 6.45) is -4.25. The molecule has 1 N–H and O–H groups in total. The largest absolute Gasteiger partial charge is 0.480 e. The molecule has 0 atom stereocenters. The Labute approximate surface area is 169 Å². The molecule has 3 rings (SSSR count). The number of fused-ring (bicyclic) bond motifs is 1. The number of hydrogen-bond donors (Lipinski definition) is 1. The molecule has 0 saturated carbocycles. The molecule has 10 heteroatoms. The average Bonchev–Trinajstić information content (AvgIpc) is 2.85. The lowest BCUT2D eigenvalue weighted by molar-refractivity contribution is -0.140. The van der Waals surface area contributed by atoms with Crippen LogP contribution in [0.15, 0.2) is 41.3 Å². The van der Waals surface area contributed by atoms with Crippen LogP contribution in [0.25, 0.3) is 10.9 Å². The third-order valence-electron chi connectivity index (χ3n) is 4.84. The third kappa shape index (κ3) is 4.18. The van der Waals surface area contributed by atoms with Gasteiger partial charge in [-0.3, -0.25) is 4.79 Å². The van der Waals surface area contributed by atoms with Gasteiger partial charge in [0.25, 0.3) is 0 Å². The Hall–Kier alpha value is -2.88. The Balaban J connectivity index is 2.18. The van der Waals surface area contributed by atoms with Gasteiger partial charge in [-0.05, 0) is 54.8 Å². The normalized spacial score (nSPS) is 12.5. The zero-order chi connectivity index (χ0) is 22.4. The monoisotopic (exact) mass is 443 g/mol. The van der Waals surface area contributed by atoms with Gasteiger partial charge < -0.3 is 9.67 Å². The molecule has 3 aromatic rings. The molecule has 1 aromatic heterocycles. The molecule has 0 saturated heterocycles. The maximum absolute atomic E-state index is 13.8. The van der Waals surface area contributed by atoms with E-state index in [1.54, 1.807) is 6.92 Å². The van der Waals surface area contributed by atoms with Crippen molar-refractivity contribution in [2.24, 2.45) is 0 Å². The zero-order valence-electron chi connectivity index (χ0n) is 15.9. The Morgan fingerprint density at radius 1 is 1.13 bits per heavy atom. The van der Waals surface area contributed by atoms with Gasteiger partial charge in [-0.25, -0.2) is 12.8 Å². The lowest BCUT2D eigenvalue weighted by Gasteiger charge is -2.14. The molecule has 0 radical (unpaired) electrons. The van der Waals surface area contributed by atoms with Gasteiger partial charge in [0, 0.05) is 22.9 Å². The highest BCUT2D eigenvalue weighted by Crippen LogP contribution is 2.36. The summed E-state index contributed by atoms with van der Waals surface area (Å²) in [4.78, 5) is 10.4. The molecule has 5 nitrogen and oxygen atoms in total. The zero-order valence-corrected chi connectivity index (χ0v) is 16.7. The van der Waals surface area contributed by atoms with Gasteiger partial charge in [-0.2, -0.15) is 13.2 Å². The van der Waals surface area contributed by atoms with Crippen LogP contribution in [0.3, 0.4) is 0 Å². The number of alkyl halides is 3. The predicted octanol–water partition coefficient (Wildman–Crippen LogP) is 4.19. The number of aliphatic carboxylic acids is 1. The number of sulfone groups is 1. The molecule has 0 aliphatic carbocycles. The molecule has 1 heterocycles. The molecule has 160 valence electrons. The highest BCUT2D eigenvalue weighted by atomic mass is 32.2. The highest BCUT2D eigenvalue weighted by molar-refractivity contribution is 7.90. The van der Waals surface area contributed by atoms with E-state index >= 15 is 0 Å².